The maximum absolute atomic E-state index is 2.35. The molecule has 4 aromatic carbocycles. The van der Waals surface area contributed by atoms with E-state index in [0.717, 1.165) is 0 Å². The van der Waals surface area contributed by atoms with Gasteiger partial charge in [0, 0.05) is 0 Å². The smallest absolute Gasteiger partial charge is 0.00264 e. The summed E-state index contributed by atoms with van der Waals surface area (Å²) in [7, 11) is 0. The maximum atomic E-state index is 2.35. The Labute approximate surface area is 123 Å². The topological polar surface area (TPSA) is 0 Å². The zero-order valence-corrected chi connectivity index (χ0v) is 11.9. The summed E-state index contributed by atoms with van der Waals surface area (Å²) in [6.45, 7) is 2.15. The van der Waals surface area contributed by atoms with Crippen LogP contribution in [0.15, 0.2) is 66.7 Å². The zero-order valence-electron chi connectivity index (χ0n) is 11.9. The van der Waals surface area contributed by atoms with Crippen molar-refractivity contribution in [3.05, 3.63) is 72.3 Å². The fraction of sp³-hybridized carbons (Fsp3) is 0.0476. The molecule has 0 radical (unpaired) electrons. The second-order valence-electron chi connectivity index (χ2n) is 5.96. The molecule has 0 aromatic heterocycles. The van der Waals surface area contributed by atoms with Crippen molar-refractivity contribution in [2.45, 2.75) is 6.92 Å². The van der Waals surface area contributed by atoms with Gasteiger partial charge >= 0.3 is 0 Å². The molecule has 0 heterocycles. The summed E-state index contributed by atoms with van der Waals surface area (Å²) in [4.78, 5) is 0. The molecular formula is C21H14. The minimum absolute atomic E-state index is 1.32. The van der Waals surface area contributed by atoms with Crippen molar-refractivity contribution in [2.24, 2.45) is 0 Å². The van der Waals surface area contributed by atoms with Crippen LogP contribution in [0.25, 0.3) is 43.8 Å². The number of aryl methyl sites for hydroxylation is 1. The third-order valence-corrected chi connectivity index (χ3v) is 4.62. The molecule has 0 aliphatic heterocycles. The van der Waals surface area contributed by atoms with Gasteiger partial charge in [-0.25, -0.2) is 0 Å². The van der Waals surface area contributed by atoms with Gasteiger partial charge in [-0.15, -0.1) is 0 Å². The van der Waals surface area contributed by atoms with Crippen LogP contribution in [0.3, 0.4) is 0 Å². The number of hydrogen-bond acceptors (Lipinski definition) is 0. The summed E-state index contributed by atoms with van der Waals surface area (Å²) in [5, 5.41) is 5.39. The summed E-state index contributed by atoms with van der Waals surface area (Å²) in [5.74, 6) is 0. The average Bonchev–Trinajstić information content (AvgIpc) is 2.82. The van der Waals surface area contributed by atoms with Crippen LogP contribution in [0.5, 0.6) is 0 Å². The Morgan fingerprint density at radius 3 is 1.90 bits per heavy atom. The van der Waals surface area contributed by atoms with Crippen LogP contribution >= 0.6 is 0 Å². The van der Waals surface area contributed by atoms with Gasteiger partial charge in [0.05, 0.1) is 0 Å². The summed E-state index contributed by atoms with van der Waals surface area (Å²) in [6, 6.07) is 24.6. The second kappa shape index (κ2) is 3.73. The lowest BCUT2D eigenvalue weighted by Gasteiger charge is -2.06. The van der Waals surface area contributed by atoms with Gasteiger partial charge in [-0.1, -0.05) is 60.2 Å². The molecule has 0 saturated heterocycles. The molecule has 21 heavy (non-hydrogen) atoms. The van der Waals surface area contributed by atoms with Crippen LogP contribution in [-0.2, 0) is 0 Å². The van der Waals surface area contributed by atoms with E-state index in [1.807, 2.05) is 0 Å². The van der Waals surface area contributed by atoms with Crippen LogP contribution in [0.1, 0.15) is 5.56 Å². The first-order valence-corrected chi connectivity index (χ1v) is 7.38. The Bertz CT molecular complexity index is 1030. The predicted octanol–water partition coefficient (Wildman–Crippen LogP) is 5.95. The molecule has 0 saturated carbocycles. The quantitative estimate of drug-likeness (QED) is 0.325. The molecule has 0 fully saturated rings. The van der Waals surface area contributed by atoms with E-state index >= 15 is 0 Å². The molecule has 4 aromatic rings. The fourth-order valence-corrected chi connectivity index (χ4v) is 3.65. The lowest BCUT2D eigenvalue weighted by molar-refractivity contribution is 1.51. The van der Waals surface area contributed by atoms with Crippen LogP contribution in [0.2, 0.25) is 0 Å². The molecule has 1 aliphatic rings. The van der Waals surface area contributed by atoms with Crippen molar-refractivity contribution in [3.63, 3.8) is 0 Å². The molecule has 0 atom stereocenters. The third kappa shape index (κ3) is 1.39. The first-order chi connectivity index (χ1) is 10.3. The first-order valence-electron chi connectivity index (χ1n) is 7.38. The molecule has 0 N–H and O–H groups in total. The number of benzene rings is 4. The normalized spacial score (nSPS) is 12.0. The van der Waals surface area contributed by atoms with E-state index in [0.29, 0.717) is 0 Å². The highest BCUT2D eigenvalue weighted by Gasteiger charge is 2.21. The molecule has 0 nitrogen and oxygen atoms in total. The lowest BCUT2D eigenvalue weighted by Crippen LogP contribution is -1.80. The number of rotatable bonds is 0. The van der Waals surface area contributed by atoms with Crippen molar-refractivity contribution in [2.75, 3.05) is 0 Å². The Kier molecular flexibility index (Phi) is 1.97. The molecule has 0 unspecified atom stereocenters. The van der Waals surface area contributed by atoms with Gasteiger partial charge in [0.1, 0.15) is 0 Å². The summed E-state index contributed by atoms with van der Waals surface area (Å²) in [6.07, 6.45) is 0. The molecule has 0 spiro atoms. The van der Waals surface area contributed by atoms with Crippen LogP contribution in [0, 0.1) is 6.92 Å². The molecule has 0 amide bonds. The van der Waals surface area contributed by atoms with Gasteiger partial charge in [-0.05, 0) is 62.9 Å². The van der Waals surface area contributed by atoms with E-state index in [2.05, 4.69) is 73.7 Å². The second-order valence-corrected chi connectivity index (χ2v) is 5.96. The highest BCUT2D eigenvalue weighted by Crippen LogP contribution is 2.48. The third-order valence-electron chi connectivity index (χ3n) is 4.62. The van der Waals surface area contributed by atoms with Gasteiger partial charge < -0.3 is 0 Å². The van der Waals surface area contributed by atoms with Crippen molar-refractivity contribution in [1.82, 2.24) is 0 Å². The molecule has 1 aliphatic carbocycles. The van der Waals surface area contributed by atoms with Gasteiger partial charge in [0.15, 0.2) is 0 Å². The van der Waals surface area contributed by atoms with Crippen LogP contribution in [0.4, 0.5) is 0 Å². The Hall–Kier alpha value is -2.60. The van der Waals surface area contributed by atoms with Crippen LogP contribution < -0.4 is 0 Å². The van der Waals surface area contributed by atoms with E-state index < -0.39 is 0 Å². The van der Waals surface area contributed by atoms with Gasteiger partial charge in [-0.2, -0.15) is 0 Å². The number of fused-ring (bicyclic) bond motifs is 4. The number of hydrogen-bond donors (Lipinski definition) is 0. The standard InChI is InChI=1S/C21H14/c1-13-8-9-15-11-19-17-6-2-4-14-5-3-7-18(21(14)17)20(19)12-16(15)10-13/h2-12H,1H3. The van der Waals surface area contributed by atoms with Crippen molar-refractivity contribution < 1.29 is 0 Å². The molecular weight excluding hydrogens is 252 g/mol. The Morgan fingerprint density at radius 2 is 1.19 bits per heavy atom. The predicted molar refractivity (Wildman–Crippen MR) is 90.6 cm³/mol. The summed E-state index contributed by atoms with van der Waals surface area (Å²) >= 11 is 0. The largest absolute Gasteiger partial charge is 0.0610 e. The minimum Gasteiger partial charge on any atom is -0.0610 e. The minimum atomic E-state index is 1.32. The van der Waals surface area contributed by atoms with Gasteiger partial charge in [-0.3, -0.25) is 0 Å². The van der Waals surface area contributed by atoms with E-state index in [1.165, 1.54) is 49.4 Å². The van der Waals surface area contributed by atoms with Crippen LogP contribution in [-0.4, -0.2) is 0 Å². The van der Waals surface area contributed by atoms with Crippen molar-refractivity contribution in [1.29, 1.82) is 0 Å². The average molecular weight is 266 g/mol. The monoisotopic (exact) mass is 266 g/mol. The highest BCUT2D eigenvalue weighted by atomic mass is 14.2. The van der Waals surface area contributed by atoms with E-state index in [4.69, 9.17) is 0 Å². The zero-order chi connectivity index (χ0) is 14.0. The van der Waals surface area contributed by atoms with E-state index in [9.17, 15) is 0 Å². The highest BCUT2D eigenvalue weighted by molar-refractivity contribution is 6.17. The lowest BCUT2D eigenvalue weighted by atomic mass is 9.98. The summed E-state index contributed by atoms with van der Waals surface area (Å²) in [5.41, 5.74) is 6.82. The van der Waals surface area contributed by atoms with Gasteiger partial charge in [0.25, 0.3) is 0 Å². The first kappa shape index (κ1) is 11.1. The Morgan fingerprint density at radius 1 is 0.524 bits per heavy atom. The van der Waals surface area contributed by atoms with Gasteiger partial charge in [0.2, 0.25) is 0 Å². The van der Waals surface area contributed by atoms with E-state index in [-0.39, 0.29) is 0 Å². The van der Waals surface area contributed by atoms with E-state index in [1.54, 1.807) is 0 Å². The molecule has 0 heteroatoms. The fourth-order valence-electron chi connectivity index (χ4n) is 3.65. The molecule has 98 valence electrons. The maximum Gasteiger partial charge on any atom is -0.00264 e. The Balaban J connectivity index is 1.98. The molecule has 5 rings (SSSR count). The summed E-state index contributed by atoms with van der Waals surface area (Å²) < 4.78 is 0. The van der Waals surface area contributed by atoms with Crippen molar-refractivity contribution in [3.8, 4) is 22.3 Å². The molecule has 0 bridgehead atoms. The van der Waals surface area contributed by atoms with Crippen molar-refractivity contribution >= 4 is 21.5 Å². The SMILES string of the molecule is Cc1ccc2cc3c(cc2c1)-c1cccc2cccc-3c12.